The van der Waals surface area contributed by atoms with Gasteiger partial charge in [-0.2, -0.15) is 5.26 Å². The average molecular weight is 370 g/mol. The number of nitrogens with zero attached hydrogens (tertiary/aromatic N) is 2. The van der Waals surface area contributed by atoms with E-state index in [1.807, 2.05) is 45.0 Å². The summed E-state index contributed by atoms with van der Waals surface area (Å²) in [5, 5.41) is 11.9. The molecule has 0 spiro atoms. The predicted octanol–water partition coefficient (Wildman–Crippen LogP) is 3.19. The zero-order chi connectivity index (χ0) is 19.3. The molecule has 0 aliphatic carbocycles. The SMILES string of the molecule is CCc1cccc(C)c1NC(=O)[C@H](C)Sc1nc(CC)c(C#N)c(=O)[nH]1. The van der Waals surface area contributed by atoms with Crippen LogP contribution >= 0.6 is 11.8 Å². The van der Waals surface area contributed by atoms with Gasteiger partial charge in [-0.05, 0) is 37.8 Å². The standard InChI is InChI=1S/C19H22N4O2S/c1-5-13-9-7-8-11(3)16(13)22-17(24)12(4)26-19-21-15(6-2)14(10-20)18(25)23-19/h7-9,12H,5-6H2,1-4H3,(H,22,24)(H,21,23,25)/t12-/m0/s1. The minimum atomic E-state index is -0.471. The third-order valence-corrected chi connectivity index (χ3v) is 5.05. The summed E-state index contributed by atoms with van der Waals surface area (Å²) in [6.07, 6.45) is 1.30. The number of H-pyrrole nitrogens is 1. The molecule has 136 valence electrons. The topological polar surface area (TPSA) is 98.6 Å². The quantitative estimate of drug-likeness (QED) is 0.601. The minimum Gasteiger partial charge on any atom is -0.325 e. The molecule has 2 aromatic rings. The van der Waals surface area contributed by atoms with Crippen molar-refractivity contribution in [2.24, 2.45) is 0 Å². The maximum atomic E-state index is 12.6. The molecule has 0 bridgehead atoms. The second-order valence-corrected chi connectivity index (χ2v) is 7.20. The number of aromatic amines is 1. The molecule has 0 fully saturated rings. The van der Waals surface area contributed by atoms with E-state index in [-0.39, 0.29) is 11.5 Å². The van der Waals surface area contributed by atoms with Crippen LogP contribution in [0.15, 0.2) is 28.2 Å². The van der Waals surface area contributed by atoms with E-state index in [2.05, 4.69) is 15.3 Å². The highest BCUT2D eigenvalue weighted by molar-refractivity contribution is 8.00. The number of hydrogen-bond donors (Lipinski definition) is 2. The van der Waals surface area contributed by atoms with Crippen LogP contribution in [0.3, 0.4) is 0 Å². The Balaban J connectivity index is 2.20. The van der Waals surface area contributed by atoms with E-state index in [1.54, 1.807) is 6.92 Å². The number of para-hydroxylation sites is 1. The molecule has 0 aliphatic rings. The highest BCUT2D eigenvalue weighted by atomic mass is 32.2. The summed E-state index contributed by atoms with van der Waals surface area (Å²) >= 11 is 1.17. The maximum absolute atomic E-state index is 12.6. The number of aryl methyl sites for hydroxylation is 3. The highest BCUT2D eigenvalue weighted by Crippen LogP contribution is 2.24. The number of carbonyl (C=O) groups excluding carboxylic acids is 1. The van der Waals surface area contributed by atoms with Crippen LogP contribution in [0.5, 0.6) is 0 Å². The van der Waals surface area contributed by atoms with Gasteiger partial charge in [-0.25, -0.2) is 4.98 Å². The van der Waals surface area contributed by atoms with Crippen LogP contribution < -0.4 is 10.9 Å². The number of anilines is 1. The van der Waals surface area contributed by atoms with E-state index >= 15 is 0 Å². The number of aromatic nitrogens is 2. The first-order valence-electron chi connectivity index (χ1n) is 8.50. The number of thioether (sulfide) groups is 1. The molecule has 0 saturated carbocycles. The van der Waals surface area contributed by atoms with Crippen molar-refractivity contribution < 1.29 is 4.79 Å². The predicted molar refractivity (Wildman–Crippen MR) is 103 cm³/mol. The number of benzene rings is 1. The van der Waals surface area contributed by atoms with E-state index < -0.39 is 10.8 Å². The van der Waals surface area contributed by atoms with Crippen LogP contribution in [-0.4, -0.2) is 21.1 Å². The van der Waals surface area contributed by atoms with Gasteiger partial charge in [0.15, 0.2) is 5.16 Å². The molecule has 2 rings (SSSR count). The molecule has 7 heteroatoms. The molecule has 1 heterocycles. The largest absolute Gasteiger partial charge is 0.325 e. The monoisotopic (exact) mass is 370 g/mol. The molecular weight excluding hydrogens is 348 g/mol. The fourth-order valence-corrected chi connectivity index (χ4v) is 3.39. The number of carbonyl (C=O) groups is 1. The number of amides is 1. The lowest BCUT2D eigenvalue weighted by Crippen LogP contribution is -2.25. The summed E-state index contributed by atoms with van der Waals surface area (Å²) in [4.78, 5) is 31.5. The number of rotatable bonds is 6. The van der Waals surface area contributed by atoms with E-state index in [4.69, 9.17) is 5.26 Å². The van der Waals surface area contributed by atoms with Crippen molar-refractivity contribution in [1.29, 1.82) is 5.26 Å². The molecule has 2 N–H and O–H groups in total. The van der Waals surface area contributed by atoms with Crippen molar-refractivity contribution in [2.45, 2.75) is 50.9 Å². The van der Waals surface area contributed by atoms with Gasteiger partial charge in [0, 0.05) is 5.69 Å². The molecule has 0 saturated heterocycles. The lowest BCUT2D eigenvalue weighted by Gasteiger charge is -2.16. The van der Waals surface area contributed by atoms with Gasteiger partial charge in [-0.15, -0.1) is 0 Å². The molecule has 1 aromatic carbocycles. The van der Waals surface area contributed by atoms with Crippen LogP contribution in [0.4, 0.5) is 5.69 Å². The zero-order valence-corrected chi connectivity index (χ0v) is 16.2. The smallest absolute Gasteiger partial charge is 0.269 e. The fourth-order valence-electron chi connectivity index (χ4n) is 2.57. The third kappa shape index (κ3) is 4.33. The van der Waals surface area contributed by atoms with Crippen LogP contribution in [-0.2, 0) is 17.6 Å². The highest BCUT2D eigenvalue weighted by Gasteiger charge is 2.19. The maximum Gasteiger partial charge on any atom is 0.269 e. The molecule has 0 aliphatic heterocycles. The van der Waals surface area contributed by atoms with Crippen molar-refractivity contribution in [1.82, 2.24) is 9.97 Å². The number of nitrogens with one attached hydrogen (secondary N) is 2. The van der Waals surface area contributed by atoms with Crippen molar-refractivity contribution in [2.75, 3.05) is 5.32 Å². The second-order valence-electron chi connectivity index (χ2n) is 5.87. The van der Waals surface area contributed by atoms with Crippen molar-refractivity contribution in [3.8, 4) is 6.07 Å². The summed E-state index contributed by atoms with van der Waals surface area (Å²) in [6.45, 7) is 7.59. The number of hydrogen-bond acceptors (Lipinski definition) is 5. The summed E-state index contributed by atoms with van der Waals surface area (Å²) in [6, 6.07) is 7.80. The Bertz CT molecular complexity index is 915. The Morgan fingerprint density at radius 1 is 1.38 bits per heavy atom. The Hall–Kier alpha value is -2.59. The molecule has 0 unspecified atom stereocenters. The van der Waals surface area contributed by atoms with Gasteiger partial charge in [-0.1, -0.05) is 43.8 Å². The normalized spacial score (nSPS) is 11.7. The molecular formula is C19H22N4O2S. The van der Waals surface area contributed by atoms with E-state index in [9.17, 15) is 9.59 Å². The Morgan fingerprint density at radius 2 is 2.12 bits per heavy atom. The van der Waals surface area contributed by atoms with Crippen molar-refractivity contribution in [3.63, 3.8) is 0 Å². The molecule has 6 nitrogen and oxygen atoms in total. The lowest BCUT2D eigenvalue weighted by atomic mass is 10.1. The van der Waals surface area contributed by atoms with Gasteiger partial charge < -0.3 is 10.3 Å². The van der Waals surface area contributed by atoms with Crippen molar-refractivity contribution in [3.05, 3.63) is 50.9 Å². The van der Waals surface area contributed by atoms with E-state index in [0.717, 1.165) is 23.2 Å². The minimum absolute atomic E-state index is 0.0291. The van der Waals surface area contributed by atoms with Crippen LogP contribution in [0.2, 0.25) is 0 Å². The second kappa shape index (κ2) is 8.68. The zero-order valence-electron chi connectivity index (χ0n) is 15.3. The van der Waals surface area contributed by atoms with E-state index in [0.29, 0.717) is 17.3 Å². The van der Waals surface area contributed by atoms with Crippen LogP contribution in [0.1, 0.15) is 43.2 Å². The molecule has 1 aromatic heterocycles. The first-order valence-corrected chi connectivity index (χ1v) is 9.38. The van der Waals surface area contributed by atoms with E-state index in [1.165, 1.54) is 11.8 Å². The Kier molecular flexibility index (Phi) is 6.58. The average Bonchev–Trinajstić information content (AvgIpc) is 2.62. The third-order valence-electron chi connectivity index (χ3n) is 4.07. The van der Waals surface area contributed by atoms with Gasteiger partial charge in [0.2, 0.25) is 5.91 Å². The van der Waals surface area contributed by atoms with Gasteiger partial charge in [-0.3, -0.25) is 9.59 Å². The van der Waals surface area contributed by atoms with Gasteiger partial charge in [0.05, 0.1) is 10.9 Å². The summed E-state index contributed by atoms with van der Waals surface area (Å²) in [5.41, 5.74) is 2.92. The van der Waals surface area contributed by atoms with Gasteiger partial charge in [0.25, 0.3) is 5.56 Å². The molecule has 26 heavy (non-hydrogen) atoms. The summed E-state index contributed by atoms with van der Waals surface area (Å²) in [5.74, 6) is -0.163. The Labute approximate surface area is 157 Å². The van der Waals surface area contributed by atoms with Gasteiger partial charge in [0.1, 0.15) is 11.6 Å². The molecule has 0 radical (unpaired) electrons. The fraction of sp³-hybridized carbons (Fsp3) is 0.368. The Morgan fingerprint density at radius 3 is 2.73 bits per heavy atom. The lowest BCUT2D eigenvalue weighted by molar-refractivity contribution is -0.115. The molecule has 1 atom stereocenters. The van der Waals surface area contributed by atoms with Gasteiger partial charge >= 0.3 is 0 Å². The van der Waals surface area contributed by atoms with Crippen molar-refractivity contribution >= 4 is 23.4 Å². The molecule has 1 amide bonds. The van der Waals surface area contributed by atoms with Crippen LogP contribution in [0, 0.1) is 18.3 Å². The first kappa shape index (κ1) is 19.7. The summed E-state index contributed by atoms with van der Waals surface area (Å²) < 4.78 is 0. The summed E-state index contributed by atoms with van der Waals surface area (Å²) in [7, 11) is 0. The first-order chi connectivity index (χ1) is 12.4. The number of nitriles is 1. The van der Waals surface area contributed by atoms with Crippen LogP contribution in [0.25, 0.3) is 0 Å².